The van der Waals surface area contributed by atoms with Crippen molar-refractivity contribution in [3.8, 4) is 0 Å². The topological polar surface area (TPSA) is 46.7 Å². The van der Waals surface area contributed by atoms with Crippen molar-refractivity contribution in [2.24, 2.45) is 7.05 Å². The van der Waals surface area contributed by atoms with Gasteiger partial charge in [-0.2, -0.15) is 0 Å². The third-order valence-electron chi connectivity index (χ3n) is 3.61. The van der Waals surface area contributed by atoms with Gasteiger partial charge >= 0.3 is 5.65 Å². The molecule has 0 spiro atoms. The molecular weight excluding hydrogens is 250 g/mol. The number of rotatable bonds is 0. The van der Waals surface area contributed by atoms with Crippen molar-refractivity contribution in [3.63, 3.8) is 0 Å². The van der Waals surface area contributed by atoms with Crippen molar-refractivity contribution < 1.29 is 8.97 Å². The molecule has 0 amide bonds. The van der Waals surface area contributed by atoms with Crippen molar-refractivity contribution in [3.05, 3.63) is 48.7 Å². The second-order valence-corrected chi connectivity index (χ2v) is 4.94. The van der Waals surface area contributed by atoms with Gasteiger partial charge in [0.2, 0.25) is 0 Å². The van der Waals surface area contributed by atoms with Crippen molar-refractivity contribution in [1.82, 2.24) is 15.0 Å². The molecule has 0 radical (unpaired) electrons. The molecule has 0 aliphatic rings. The van der Waals surface area contributed by atoms with Crippen molar-refractivity contribution in [2.45, 2.75) is 6.92 Å². The average Bonchev–Trinajstić information content (AvgIpc) is 2.48. The largest absolute Gasteiger partial charge is 0.449 e. The van der Waals surface area contributed by atoms with Crippen LogP contribution in [0.5, 0.6) is 0 Å². The third kappa shape index (κ3) is 1.53. The van der Waals surface area contributed by atoms with E-state index >= 15 is 0 Å². The molecule has 96 valence electrons. The van der Waals surface area contributed by atoms with E-state index in [1.165, 1.54) is 0 Å². The number of aromatic nitrogens is 5. The first-order chi connectivity index (χ1) is 9.72. The lowest BCUT2D eigenvalue weighted by Crippen LogP contribution is -2.39. The minimum atomic E-state index is 0.706. The van der Waals surface area contributed by atoms with Gasteiger partial charge in [0.25, 0.3) is 0 Å². The lowest BCUT2D eigenvalue weighted by atomic mass is 10.2. The van der Waals surface area contributed by atoms with E-state index in [1.807, 2.05) is 25.4 Å². The summed E-state index contributed by atoms with van der Waals surface area (Å²) in [5, 5.41) is 2.01. The molecule has 5 nitrogen and oxygen atoms in total. The molecule has 5 aromatic rings. The molecule has 0 fully saturated rings. The minimum Gasteiger partial charge on any atom is -0.217 e. The number of nitrogens with zero attached hydrogens (tertiary/aromatic N) is 5. The Labute approximate surface area is 115 Å². The highest BCUT2D eigenvalue weighted by atomic mass is 15.0. The van der Waals surface area contributed by atoms with Gasteiger partial charge in [-0.25, -0.2) is 15.0 Å². The highest BCUT2D eigenvalue weighted by molar-refractivity contribution is 5.80. The smallest absolute Gasteiger partial charge is 0.217 e. The van der Waals surface area contributed by atoms with Crippen LogP contribution in [0.15, 0.2) is 43.0 Å². The zero-order valence-electron chi connectivity index (χ0n) is 11.3. The molecule has 0 unspecified atom stereocenters. The van der Waals surface area contributed by atoms with Crippen LogP contribution in [0, 0.1) is 6.92 Å². The SMILES string of the molecule is Cc1cc2cc[n+]1c1cc(cc[n+]1C)c1ncnc2n1. The summed E-state index contributed by atoms with van der Waals surface area (Å²) in [4.78, 5) is 13.1. The number of hydrogen-bond acceptors (Lipinski definition) is 3. The van der Waals surface area contributed by atoms with E-state index in [0.29, 0.717) is 11.3 Å². The van der Waals surface area contributed by atoms with Crippen LogP contribution < -0.4 is 8.97 Å². The molecule has 0 aliphatic carbocycles. The second-order valence-electron chi connectivity index (χ2n) is 4.94. The fourth-order valence-electron chi connectivity index (χ4n) is 2.52. The lowest BCUT2D eigenvalue weighted by molar-refractivity contribution is -0.711. The van der Waals surface area contributed by atoms with E-state index in [4.69, 9.17) is 0 Å². The first-order valence-corrected chi connectivity index (χ1v) is 6.44. The molecule has 20 heavy (non-hydrogen) atoms. The average molecular weight is 263 g/mol. The zero-order chi connectivity index (χ0) is 13.7. The maximum Gasteiger partial charge on any atom is 0.449 e. The van der Waals surface area contributed by atoms with Gasteiger partial charge in [-0.15, -0.1) is 8.97 Å². The molecule has 5 heteroatoms. The Morgan fingerprint density at radius 1 is 0.950 bits per heavy atom. The summed E-state index contributed by atoms with van der Waals surface area (Å²) in [6, 6.07) is 8.24. The van der Waals surface area contributed by atoms with Crippen molar-refractivity contribution in [2.75, 3.05) is 0 Å². The maximum absolute atomic E-state index is 4.57. The molecule has 0 saturated carbocycles. The van der Waals surface area contributed by atoms with E-state index in [-0.39, 0.29) is 0 Å². The van der Waals surface area contributed by atoms with Gasteiger partial charge in [0.1, 0.15) is 13.4 Å². The van der Waals surface area contributed by atoms with Crippen molar-refractivity contribution in [1.29, 1.82) is 0 Å². The summed E-state index contributed by atoms with van der Waals surface area (Å²) in [5.41, 5.74) is 3.63. The Balaban J connectivity index is 2.42. The molecular formula is C15H13N5+2. The van der Waals surface area contributed by atoms with Gasteiger partial charge in [0, 0.05) is 35.9 Å². The third-order valence-corrected chi connectivity index (χ3v) is 3.61. The predicted octanol–water partition coefficient (Wildman–Crippen LogP) is 1.05. The molecule has 0 aromatic carbocycles. The van der Waals surface area contributed by atoms with Gasteiger partial charge < -0.3 is 0 Å². The fraction of sp³-hybridized carbons (Fsp3) is 0.133. The Morgan fingerprint density at radius 2 is 1.65 bits per heavy atom. The van der Waals surface area contributed by atoms with Crippen LogP contribution in [0.3, 0.4) is 0 Å². The predicted molar refractivity (Wildman–Crippen MR) is 73.9 cm³/mol. The molecule has 5 heterocycles. The molecule has 0 aliphatic heterocycles. The van der Waals surface area contributed by atoms with Gasteiger partial charge in [-0.3, -0.25) is 0 Å². The molecule has 0 N–H and O–H groups in total. The highest BCUT2D eigenvalue weighted by Gasteiger charge is 2.15. The molecule has 0 atom stereocenters. The standard InChI is InChI=1S/C15H13N5/c1-10-7-11-4-6-20(10)13-8-12(3-5-19(13)2)15-17-9-16-14(11)18-15/h3-9H,1-2H3/q+2. The maximum atomic E-state index is 4.57. The van der Waals surface area contributed by atoms with E-state index in [2.05, 4.69) is 49.2 Å². The summed E-state index contributed by atoms with van der Waals surface area (Å²) < 4.78 is 4.23. The summed E-state index contributed by atoms with van der Waals surface area (Å²) in [6.45, 7) is 2.08. The van der Waals surface area contributed by atoms with Gasteiger partial charge in [0.15, 0.2) is 29.4 Å². The van der Waals surface area contributed by atoms with E-state index < -0.39 is 0 Å². The van der Waals surface area contributed by atoms with Crippen LogP contribution >= 0.6 is 0 Å². The summed E-state index contributed by atoms with van der Waals surface area (Å²) >= 11 is 0. The lowest BCUT2D eigenvalue weighted by Gasteiger charge is -1.98. The van der Waals surface area contributed by atoms with Crippen LogP contribution in [0.2, 0.25) is 0 Å². The Hall–Kier alpha value is -2.69. The first-order valence-electron chi connectivity index (χ1n) is 6.44. The van der Waals surface area contributed by atoms with E-state index in [9.17, 15) is 0 Å². The number of fused-ring (bicyclic) bond motifs is 2. The highest BCUT2D eigenvalue weighted by Crippen LogP contribution is 2.11. The zero-order valence-corrected chi connectivity index (χ0v) is 11.3. The number of hydrogen-bond donors (Lipinski definition) is 0. The monoisotopic (exact) mass is 263 g/mol. The van der Waals surface area contributed by atoms with Gasteiger partial charge in [-0.1, -0.05) is 0 Å². The summed E-state index contributed by atoms with van der Waals surface area (Å²) in [5.74, 6) is 0. The Morgan fingerprint density at radius 3 is 2.40 bits per heavy atom. The summed E-state index contributed by atoms with van der Waals surface area (Å²) in [6.07, 6.45) is 5.65. The molecule has 5 rings (SSSR count). The summed E-state index contributed by atoms with van der Waals surface area (Å²) in [7, 11) is 2.03. The van der Waals surface area contributed by atoms with Crippen LogP contribution in [0.4, 0.5) is 0 Å². The number of pyridine rings is 2. The first kappa shape index (κ1) is 11.2. The second kappa shape index (κ2) is 3.90. The Kier molecular flexibility index (Phi) is 2.18. The normalized spacial score (nSPS) is 11.5. The van der Waals surface area contributed by atoms with Crippen molar-refractivity contribution >= 4 is 27.7 Å². The molecule has 6 bridgehead atoms. The Bertz CT molecular complexity index is 978. The van der Waals surface area contributed by atoms with Gasteiger partial charge in [0.05, 0.1) is 6.07 Å². The molecule has 5 aromatic heterocycles. The van der Waals surface area contributed by atoms with Gasteiger partial charge in [-0.05, 0) is 0 Å². The number of aryl methyl sites for hydroxylation is 2. The van der Waals surface area contributed by atoms with Crippen LogP contribution in [-0.2, 0) is 7.05 Å². The minimum absolute atomic E-state index is 0.706. The molecule has 0 saturated heterocycles. The van der Waals surface area contributed by atoms with E-state index in [0.717, 1.165) is 22.1 Å². The quantitative estimate of drug-likeness (QED) is 0.445. The van der Waals surface area contributed by atoms with Crippen LogP contribution in [-0.4, -0.2) is 15.0 Å². The van der Waals surface area contributed by atoms with Crippen LogP contribution in [0.1, 0.15) is 5.69 Å². The fourth-order valence-corrected chi connectivity index (χ4v) is 2.52. The van der Waals surface area contributed by atoms with E-state index in [1.54, 1.807) is 6.33 Å². The van der Waals surface area contributed by atoms with Crippen LogP contribution in [0.25, 0.3) is 27.7 Å².